The topological polar surface area (TPSA) is 12.0 Å². The highest BCUT2D eigenvalue weighted by atomic mass is 14.9. The summed E-state index contributed by atoms with van der Waals surface area (Å²) in [4.78, 5) is 0. The number of hydrogen-bond donors (Lipinski definition) is 1. The van der Waals surface area contributed by atoms with Crippen molar-refractivity contribution in [2.75, 3.05) is 13.1 Å². The van der Waals surface area contributed by atoms with Gasteiger partial charge in [-0.15, -0.1) is 0 Å². The van der Waals surface area contributed by atoms with Gasteiger partial charge in [-0.3, -0.25) is 0 Å². The number of hydrogen-bond acceptors (Lipinski definition) is 1. The number of nitrogens with one attached hydrogen (secondary N) is 1. The molecule has 0 saturated carbocycles. The van der Waals surface area contributed by atoms with Crippen LogP contribution in [0.2, 0.25) is 0 Å². The zero-order valence-electron chi connectivity index (χ0n) is 9.79. The van der Waals surface area contributed by atoms with E-state index < -0.39 is 0 Å². The lowest BCUT2D eigenvalue weighted by Crippen LogP contribution is -2.10. The van der Waals surface area contributed by atoms with Crippen LogP contribution in [0, 0.1) is 5.92 Å². The Morgan fingerprint density at radius 3 is 2.93 bits per heavy atom. The van der Waals surface area contributed by atoms with Gasteiger partial charge in [-0.05, 0) is 48.9 Å². The fraction of sp³-hybridized carbons (Fsp3) is 0.571. The van der Waals surface area contributed by atoms with Crippen molar-refractivity contribution in [1.82, 2.24) is 5.32 Å². The van der Waals surface area contributed by atoms with E-state index >= 15 is 0 Å². The molecule has 0 amide bonds. The summed E-state index contributed by atoms with van der Waals surface area (Å²) < 4.78 is 0. The van der Waals surface area contributed by atoms with E-state index in [1.165, 1.54) is 37.1 Å². The highest BCUT2D eigenvalue weighted by molar-refractivity contribution is 5.26. The summed E-state index contributed by atoms with van der Waals surface area (Å²) in [5.41, 5.74) is 2.98. The molecular weight excluding hydrogens is 182 g/mol. The first kappa shape index (κ1) is 10.7. The Bertz CT molecular complexity index is 311. The van der Waals surface area contributed by atoms with Crippen LogP contribution < -0.4 is 5.32 Å². The Kier molecular flexibility index (Phi) is 3.42. The second-order valence-electron chi connectivity index (χ2n) is 4.96. The summed E-state index contributed by atoms with van der Waals surface area (Å²) >= 11 is 0. The molecule has 0 spiro atoms. The van der Waals surface area contributed by atoms with E-state index in [0.29, 0.717) is 5.92 Å². The molecule has 1 aromatic rings. The highest BCUT2D eigenvalue weighted by Gasteiger charge is 2.14. The molecule has 0 aliphatic carbocycles. The molecule has 0 radical (unpaired) electrons. The molecule has 1 aliphatic rings. The molecule has 15 heavy (non-hydrogen) atoms. The molecule has 1 heterocycles. The smallest absolute Gasteiger partial charge is 0.00169 e. The lowest BCUT2D eigenvalue weighted by Gasteiger charge is -2.11. The van der Waals surface area contributed by atoms with Gasteiger partial charge < -0.3 is 5.32 Å². The third kappa shape index (κ3) is 2.82. The first-order valence-electron chi connectivity index (χ1n) is 6.05. The fourth-order valence-electron chi connectivity index (χ4n) is 2.30. The monoisotopic (exact) mass is 203 g/mol. The molecule has 1 N–H and O–H groups in total. The second-order valence-corrected chi connectivity index (χ2v) is 4.96. The Hall–Kier alpha value is -0.820. The van der Waals surface area contributed by atoms with Crippen LogP contribution in [0.4, 0.5) is 0 Å². The lowest BCUT2D eigenvalue weighted by molar-refractivity contribution is 0.579. The van der Waals surface area contributed by atoms with E-state index in [1.807, 2.05) is 0 Å². The molecule has 1 aromatic carbocycles. The van der Waals surface area contributed by atoms with Crippen molar-refractivity contribution >= 4 is 0 Å². The average Bonchev–Trinajstić information content (AvgIpc) is 2.71. The van der Waals surface area contributed by atoms with Crippen LogP contribution in [0.1, 0.15) is 37.3 Å². The summed E-state index contributed by atoms with van der Waals surface area (Å²) in [5, 5.41) is 3.43. The van der Waals surface area contributed by atoms with E-state index in [9.17, 15) is 0 Å². The zero-order valence-corrected chi connectivity index (χ0v) is 9.79. The number of rotatable bonds is 3. The summed E-state index contributed by atoms with van der Waals surface area (Å²) in [6, 6.07) is 9.08. The Morgan fingerprint density at radius 2 is 2.27 bits per heavy atom. The minimum absolute atomic E-state index is 0.645. The average molecular weight is 203 g/mol. The molecular formula is C14H21N. The van der Waals surface area contributed by atoms with Crippen LogP contribution >= 0.6 is 0 Å². The van der Waals surface area contributed by atoms with Crippen molar-refractivity contribution in [1.29, 1.82) is 0 Å². The largest absolute Gasteiger partial charge is 0.316 e. The maximum Gasteiger partial charge on any atom is -0.00169 e. The van der Waals surface area contributed by atoms with Gasteiger partial charge in [-0.1, -0.05) is 38.1 Å². The predicted molar refractivity (Wildman–Crippen MR) is 65.2 cm³/mol. The molecule has 82 valence electrons. The van der Waals surface area contributed by atoms with Crippen molar-refractivity contribution in [3.8, 4) is 0 Å². The van der Waals surface area contributed by atoms with Gasteiger partial charge in [0.2, 0.25) is 0 Å². The van der Waals surface area contributed by atoms with Crippen molar-refractivity contribution < 1.29 is 0 Å². The molecule has 1 aliphatic heterocycles. The van der Waals surface area contributed by atoms with Crippen LogP contribution in [0.15, 0.2) is 24.3 Å². The molecule has 1 nitrogen and oxygen atoms in total. The fourth-order valence-corrected chi connectivity index (χ4v) is 2.30. The van der Waals surface area contributed by atoms with Gasteiger partial charge in [0.25, 0.3) is 0 Å². The van der Waals surface area contributed by atoms with Gasteiger partial charge in [0.1, 0.15) is 0 Å². The van der Waals surface area contributed by atoms with Gasteiger partial charge >= 0.3 is 0 Å². The van der Waals surface area contributed by atoms with Gasteiger partial charge in [-0.2, -0.15) is 0 Å². The number of benzene rings is 1. The van der Waals surface area contributed by atoms with Gasteiger partial charge in [0.15, 0.2) is 0 Å². The SMILES string of the molecule is CC(C)c1cccc(CC2CCNC2)c1. The third-order valence-electron chi connectivity index (χ3n) is 3.30. The maximum absolute atomic E-state index is 3.43. The first-order chi connectivity index (χ1) is 7.25. The standard InChI is InChI=1S/C14H21N/c1-11(2)14-5-3-4-12(9-14)8-13-6-7-15-10-13/h3-5,9,11,13,15H,6-8,10H2,1-2H3. The molecule has 1 saturated heterocycles. The van der Waals surface area contributed by atoms with E-state index in [2.05, 4.69) is 43.4 Å². The lowest BCUT2D eigenvalue weighted by atomic mass is 9.94. The summed E-state index contributed by atoms with van der Waals surface area (Å²) in [5.74, 6) is 1.50. The zero-order chi connectivity index (χ0) is 10.7. The van der Waals surface area contributed by atoms with Crippen molar-refractivity contribution in [3.05, 3.63) is 35.4 Å². The van der Waals surface area contributed by atoms with Crippen molar-refractivity contribution in [2.24, 2.45) is 5.92 Å². The molecule has 1 heteroatoms. The van der Waals surface area contributed by atoms with E-state index in [-0.39, 0.29) is 0 Å². The normalized spacial score (nSPS) is 21.1. The molecule has 1 atom stereocenters. The summed E-state index contributed by atoms with van der Waals surface area (Å²) in [6.45, 7) is 6.92. The Balaban J connectivity index is 2.04. The predicted octanol–water partition coefficient (Wildman–Crippen LogP) is 2.96. The minimum Gasteiger partial charge on any atom is -0.316 e. The molecule has 0 aromatic heterocycles. The van der Waals surface area contributed by atoms with E-state index in [0.717, 1.165) is 5.92 Å². The van der Waals surface area contributed by atoms with E-state index in [1.54, 1.807) is 0 Å². The first-order valence-corrected chi connectivity index (χ1v) is 6.05. The van der Waals surface area contributed by atoms with Gasteiger partial charge in [0, 0.05) is 0 Å². The molecule has 1 fully saturated rings. The highest BCUT2D eigenvalue weighted by Crippen LogP contribution is 2.19. The quantitative estimate of drug-likeness (QED) is 0.796. The van der Waals surface area contributed by atoms with Crippen LogP contribution in [-0.2, 0) is 6.42 Å². The summed E-state index contributed by atoms with van der Waals surface area (Å²) in [7, 11) is 0. The van der Waals surface area contributed by atoms with Crippen LogP contribution in [0.25, 0.3) is 0 Å². The second kappa shape index (κ2) is 4.80. The summed E-state index contributed by atoms with van der Waals surface area (Å²) in [6.07, 6.45) is 2.58. The van der Waals surface area contributed by atoms with Gasteiger partial charge in [-0.25, -0.2) is 0 Å². The minimum atomic E-state index is 0.645. The van der Waals surface area contributed by atoms with Gasteiger partial charge in [0.05, 0.1) is 0 Å². The van der Waals surface area contributed by atoms with Crippen molar-refractivity contribution in [2.45, 2.75) is 32.6 Å². The molecule has 2 rings (SSSR count). The third-order valence-corrected chi connectivity index (χ3v) is 3.30. The van der Waals surface area contributed by atoms with E-state index in [4.69, 9.17) is 0 Å². The Labute approximate surface area is 92.9 Å². The van der Waals surface area contributed by atoms with Crippen molar-refractivity contribution in [3.63, 3.8) is 0 Å². The Morgan fingerprint density at radius 1 is 1.40 bits per heavy atom. The van der Waals surface area contributed by atoms with Crippen LogP contribution in [0.5, 0.6) is 0 Å². The maximum atomic E-state index is 3.43. The van der Waals surface area contributed by atoms with Crippen LogP contribution in [-0.4, -0.2) is 13.1 Å². The van der Waals surface area contributed by atoms with Crippen LogP contribution in [0.3, 0.4) is 0 Å². The molecule has 1 unspecified atom stereocenters. The molecule has 0 bridgehead atoms.